The van der Waals surface area contributed by atoms with Crippen molar-refractivity contribution < 1.29 is 29.3 Å². The van der Waals surface area contributed by atoms with Gasteiger partial charge >= 0.3 is 11.9 Å². The van der Waals surface area contributed by atoms with Gasteiger partial charge in [-0.1, -0.05) is 12.1 Å². The summed E-state index contributed by atoms with van der Waals surface area (Å²) in [5, 5.41) is 22.7. The number of hydrogen-bond acceptors (Lipinski definition) is 8. The number of anilines is 2. The van der Waals surface area contributed by atoms with Crippen LogP contribution >= 0.6 is 0 Å². The molecule has 1 aliphatic heterocycles. The molecule has 3 aromatic rings. The van der Waals surface area contributed by atoms with Gasteiger partial charge in [-0.05, 0) is 72.8 Å². The fourth-order valence-corrected chi connectivity index (χ4v) is 4.75. The molecule has 1 aliphatic carbocycles. The van der Waals surface area contributed by atoms with Crippen LogP contribution < -0.4 is 22.1 Å². The summed E-state index contributed by atoms with van der Waals surface area (Å²) >= 11 is 0. The normalized spacial score (nSPS) is 11.5. The summed E-state index contributed by atoms with van der Waals surface area (Å²) in [7, 11) is 0. The van der Waals surface area contributed by atoms with Crippen LogP contribution in [0.4, 0.5) is 11.4 Å². The lowest BCUT2D eigenvalue weighted by Gasteiger charge is -2.20. The average molecular weight is 624 g/mol. The van der Waals surface area contributed by atoms with E-state index in [1.807, 2.05) is 41.0 Å². The molecule has 0 bridgehead atoms. The predicted molar refractivity (Wildman–Crippen MR) is 174 cm³/mol. The Balaban J connectivity index is 1.49. The molecule has 0 radical (unpaired) electrons. The van der Waals surface area contributed by atoms with Crippen LogP contribution in [-0.2, 0) is 9.47 Å². The highest BCUT2D eigenvalue weighted by molar-refractivity contribution is 5.89. The van der Waals surface area contributed by atoms with Gasteiger partial charge in [0.25, 0.3) is 0 Å². The SMILES string of the molecule is NC(N)=NCCOCCOCCN=c1cc2n(-c3ccc(C(=O)O)cc3)c3ccccc3nc-2cc1Nc1ccc(C(=O)O)cc1. The number of carbonyl (C=O) groups is 2. The summed E-state index contributed by atoms with van der Waals surface area (Å²) < 4.78 is 13.2. The zero-order valence-corrected chi connectivity index (χ0v) is 24.8. The van der Waals surface area contributed by atoms with Gasteiger partial charge in [-0.25, -0.2) is 14.6 Å². The van der Waals surface area contributed by atoms with Crippen molar-refractivity contribution in [2.24, 2.45) is 21.5 Å². The van der Waals surface area contributed by atoms with Crippen molar-refractivity contribution >= 4 is 40.3 Å². The number of aliphatic imine (C=N–C) groups is 1. The maximum Gasteiger partial charge on any atom is 0.335 e. The van der Waals surface area contributed by atoms with Gasteiger partial charge in [-0.3, -0.25) is 9.98 Å². The lowest BCUT2D eigenvalue weighted by molar-refractivity contribution is 0.0539. The monoisotopic (exact) mass is 623 g/mol. The number of nitrogens with one attached hydrogen (secondary N) is 1. The number of nitrogens with zero attached hydrogens (tertiary/aromatic N) is 4. The van der Waals surface area contributed by atoms with Gasteiger partial charge in [0, 0.05) is 11.4 Å². The molecule has 0 fully saturated rings. The first-order valence-electron chi connectivity index (χ1n) is 14.4. The molecule has 46 heavy (non-hydrogen) atoms. The molecular weight excluding hydrogens is 590 g/mol. The smallest absolute Gasteiger partial charge is 0.335 e. The molecule has 0 aromatic heterocycles. The van der Waals surface area contributed by atoms with Crippen LogP contribution in [0.25, 0.3) is 28.1 Å². The third-order valence-electron chi connectivity index (χ3n) is 6.90. The molecule has 0 spiro atoms. The van der Waals surface area contributed by atoms with Crippen LogP contribution in [-0.4, -0.2) is 77.2 Å². The van der Waals surface area contributed by atoms with Crippen molar-refractivity contribution in [2.75, 3.05) is 44.8 Å². The molecule has 0 unspecified atom stereocenters. The molecule has 3 aromatic carbocycles. The summed E-state index contributed by atoms with van der Waals surface area (Å²) in [6, 6.07) is 24.6. The lowest BCUT2D eigenvalue weighted by Crippen LogP contribution is -2.23. The Labute approximate surface area is 263 Å². The fourth-order valence-electron chi connectivity index (χ4n) is 4.75. The largest absolute Gasteiger partial charge is 0.478 e. The zero-order chi connectivity index (χ0) is 32.5. The molecule has 0 saturated heterocycles. The first-order valence-corrected chi connectivity index (χ1v) is 14.4. The zero-order valence-electron chi connectivity index (χ0n) is 24.8. The van der Waals surface area contributed by atoms with E-state index in [2.05, 4.69) is 10.3 Å². The van der Waals surface area contributed by atoms with Gasteiger partial charge < -0.3 is 41.0 Å². The van der Waals surface area contributed by atoms with Gasteiger partial charge in [-0.15, -0.1) is 0 Å². The molecular formula is C33H33N7O6. The van der Waals surface area contributed by atoms with E-state index in [1.54, 1.807) is 36.4 Å². The Hall–Kier alpha value is -5.79. The standard InChI is InChI=1S/C33H33N7O6/c34-33(35)37-14-16-46-18-17-45-15-13-36-26-20-30-28(19-27(26)38-23-9-5-21(6-10-23)31(41)42)39-25-3-1-2-4-29(25)40(30)24-11-7-22(8-12-24)32(43)44/h1-12,19-20,38H,13-18H2,(H,41,42)(H,43,44)(H4,34,35,37). The van der Waals surface area contributed by atoms with Gasteiger partial charge in [0.05, 0.1) is 84.1 Å². The number of carboxylic acid groups (broad SMARTS) is 2. The number of aromatic carboxylic acids is 2. The van der Waals surface area contributed by atoms with E-state index in [4.69, 9.17) is 30.9 Å². The molecule has 5 rings (SSSR count). The van der Waals surface area contributed by atoms with Crippen LogP contribution in [0.3, 0.4) is 0 Å². The van der Waals surface area contributed by atoms with Gasteiger partial charge in [-0.2, -0.15) is 0 Å². The van der Waals surface area contributed by atoms with E-state index < -0.39 is 11.9 Å². The van der Waals surface area contributed by atoms with Crippen molar-refractivity contribution in [3.8, 4) is 17.1 Å². The highest BCUT2D eigenvalue weighted by Crippen LogP contribution is 2.30. The number of para-hydroxylation sites is 2. The Morgan fingerprint density at radius 3 is 2.09 bits per heavy atom. The van der Waals surface area contributed by atoms with E-state index >= 15 is 0 Å². The Morgan fingerprint density at radius 2 is 1.43 bits per heavy atom. The maximum absolute atomic E-state index is 11.5. The van der Waals surface area contributed by atoms with E-state index in [1.165, 1.54) is 12.1 Å². The van der Waals surface area contributed by atoms with E-state index in [-0.39, 0.29) is 17.1 Å². The first kappa shape index (κ1) is 31.6. The van der Waals surface area contributed by atoms with Crippen LogP contribution in [0, 0.1) is 0 Å². The van der Waals surface area contributed by atoms with Gasteiger partial charge in [0.15, 0.2) is 5.96 Å². The average Bonchev–Trinajstić information content (AvgIpc) is 3.05. The summed E-state index contributed by atoms with van der Waals surface area (Å²) in [4.78, 5) is 36.5. The molecule has 13 heteroatoms. The van der Waals surface area contributed by atoms with Crippen molar-refractivity contribution in [1.82, 2.24) is 9.55 Å². The minimum atomic E-state index is -1.01. The van der Waals surface area contributed by atoms with Crippen molar-refractivity contribution in [1.29, 1.82) is 0 Å². The van der Waals surface area contributed by atoms with Gasteiger partial charge in [0.2, 0.25) is 0 Å². The number of nitrogens with two attached hydrogens (primary N) is 2. The number of rotatable bonds is 14. The van der Waals surface area contributed by atoms with Crippen LogP contribution in [0.2, 0.25) is 0 Å². The fraction of sp³-hybridized carbons (Fsp3) is 0.182. The van der Waals surface area contributed by atoms with Crippen LogP contribution in [0.5, 0.6) is 0 Å². The Bertz CT molecular complexity index is 1900. The summed E-state index contributed by atoms with van der Waals surface area (Å²) in [5.74, 6) is -2.00. The number of fused-ring (bicyclic) bond motifs is 2. The topological polar surface area (TPSA) is 200 Å². The summed E-state index contributed by atoms with van der Waals surface area (Å²) in [6.07, 6.45) is 0. The second-order valence-corrected chi connectivity index (χ2v) is 10.1. The van der Waals surface area contributed by atoms with Crippen molar-refractivity contribution in [3.63, 3.8) is 0 Å². The minimum absolute atomic E-state index is 0.0202. The van der Waals surface area contributed by atoms with E-state index in [0.29, 0.717) is 61.9 Å². The predicted octanol–water partition coefficient (Wildman–Crippen LogP) is 3.48. The van der Waals surface area contributed by atoms with Crippen LogP contribution in [0.1, 0.15) is 20.7 Å². The second-order valence-electron chi connectivity index (χ2n) is 10.1. The van der Waals surface area contributed by atoms with Crippen molar-refractivity contribution in [2.45, 2.75) is 0 Å². The number of aromatic nitrogens is 2. The molecule has 2 aliphatic rings. The minimum Gasteiger partial charge on any atom is -0.478 e. The molecule has 236 valence electrons. The Kier molecular flexibility index (Phi) is 10.2. The number of ether oxygens (including phenoxy) is 2. The quantitative estimate of drug-likeness (QED) is 0.0528. The number of guanidine groups is 1. The number of hydrogen-bond donors (Lipinski definition) is 5. The third kappa shape index (κ3) is 7.83. The molecule has 0 amide bonds. The summed E-state index contributed by atoms with van der Waals surface area (Å²) in [6.45, 7) is 2.21. The second kappa shape index (κ2) is 14.8. The van der Waals surface area contributed by atoms with Crippen LogP contribution in [0.15, 0.2) is 94.9 Å². The highest BCUT2D eigenvalue weighted by atomic mass is 16.5. The molecule has 13 nitrogen and oxygen atoms in total. The van der Waals surface area contributed by atoms with Gasteiger partial charge in [0.1, 0.15) is 0 Å². The highest BCUT2D eigenvalue weighted by Gasteiger charge is 2.17. The van der Waals surface area contributed by atoms with E-state index in [9.17, 15) is 19.8 Å². The summed E-state index contributed by atoms with van der Waals surface area (Å²) in [5.41, 5.74) is 16.0. The molecule has 0 saturated carbocycles. The molecule has 0 atom stereocenters. The lowest BCUT2D eigenvalue weighted by atomic mass is 10.1. The molecule has 1 heterocycles. The Morgan fingerprint density at radius 1 is 0.804 bits per heavy atom. The molecule has 7 N–H and O–H groups in total. The maximum atomic E-state index is 11.5. The third-order valence-corrected chi connectivity index (χ3v) is 6.90. The van der Waals surface area contributed by atoms with Crippen molar-refractivity contribution in [3.05, 3.63) is 101 Å². The number of benzene rings is 4. The number of carboxylic acids is 2. The van der Waals surface area contributed by atoms with E-state index in [0.717, 1.165) is 22.4 Å². The first-order chi connectivity index (χ1) is 22.3.